The largest absolute Gasteiger partial charge is 0.373 e. The lowest BCUT2D eigenvalue weighted by Crippen LogP contribution is -2.07. The van der Waals surface area contributed by atoms with Crippen molar-refractivity contribution in [3.63, 3.8) is 0 Å². The number of hydrogen-bond donors (Lipinski definition) is 2. The quantitative estimate of drug-likeness (QED) is 0.873. The topological polar surface area (TPSA) is 49.8 Å². The Hall–Kier alpha value is -2.17. The summed E-state index contributed by atoms with van der Waals surface area (Å²) in [6.45, 7) is 3.95. The third-order valence-electron chi connectivity index (χ3n) is 3.15. The van der Waals surface area contributed by atoms with Crippen LogP contribution in [-0.2, 0) is 6.42 Å². The van der Waals surface area contributed by atoms with Crippen LogP contribution >= 0.6 is 0 Å². The lowest BCUT2D eigenvalue weighted by atomic mass is 10.1. The van der Waals surface area contributed by atoms with Gasteiger partial charge in [-0.25, -0.2) is 14.4 Å². The van der Waals surface area contributed by atoms with Gasteiger partial charge in [-0.3, -0.25) is 0 Å². The van der Waals surface area contributed by atoms with Gasteiger partial charge in [0.2, 0.25) is 0 Å². The molecule has 0 atom stereocenters. The number of aromatic nitrogens is 2. The number of hydrogen-bond acceptors (Lipinski definition) is 4. The Balaban J connectivity index is 2.43. The number of para-hydroxylation sites is 1. The van der Waals surface area contributed by atoms with Crippen LogP contribution in [0.25, 0.3) is 0 Å². The molecule has 0 bridgehead atoms. The number of halogens is 1. The Morgan fingerprint density at radius 2 is 1.95 bits per heavy atom. The molecule has 1 aromatic carbocycles. The van der Waals surface area contributed by atoms with Crippen molar-refractivity contribution in [1.82, 2.24) is 9.97 Å². The van der Waals surface area contributed by atoms with Gasteiger partial charge in [-0.2, -0.15) is 0 Å². The van der Waals surface area contributed by atoms with Gasteiger partial charge in [0.25, 0.3) is 0 Å². The molecule has 0 unspecified atom stereocenters. The Morgan fingerprint density at radius 1 is 1.20 bits per heavy atom. The normalized spacial score (nSPS) is 10.4. The van der Waals surface area contributed by atoms with Crippen molar-refractivity contribution in [1.29, 1.82) is 0 Å². The van der Waals surface area contributed by atoms with Crippen LogP contribution in [0, 0.1) is 12.7 Å². The molecule has 1 aromatic heterocycles. The molecule has 0 saturated carbocycles. The fourth-order valence-electron chi connectivity index (χ4n) is 2.13. The van der Waals surface area contributed by atoms with Crippen molar-refractivity contribution in [2.75, 3.05) is 17.7 Å². The minimum atomic E-state index is -0.280. The number of aryl methyl sites for hydroxylation is 1. The highest BCUT2D eigenvalue weighted by Gasteiger charge is 2.12. The van der Waals surface area contributed by atoms with E-state index in [1.807, 2.05) is 20.0 Å². The Morgan fingerprint density at radius 3 is 2.60 bits per heavy atom. The number of anilines is 3. The number of benzene rings is 1. The average Bonchev–Trinajstić information content (AvgIpc) is 2.44. The van der Waals surface area contributed by atoms with Crippen LogP contribution in [0.3, 0.4) is 0 Å². The summed E-state index contributed by atoms with van der Waals surface area (Å²) in [4.78, 5) is 8.46. The monoisotopic (exact) mass is 274 g/mol. The molecular weight excluding hydrogens is 255 g/mol. The van der Waals surface area contributed by atoms with Gasteiger partial charge in [0.15, 0.2) is 0 Å². The van der Waals surface area contributed by atoms with E-state index in [2.05, 4.69) is 27.5 Å². The summed E-state index contributed by atoms with van der Waals surface area (Å²) >= 11 is 0. The van der Waals surface area contributed by atoms with Crippen LogP contribution in [0.4, 0.5) is 21.7 Å². The van der Waals surface area contributed by atoms with Crippen molar-refractivity contribution in [3.8, 4) is 0 Å². The Bertz CT molecular complexity index is 578. The molecule has 4 nitrogen and oxygen atoms in total. The molecule has 0 amide bonds. The first-order valence-electron chi connectivity index (χ1n) is 6.71. The molecule has 2 N–H and O–H groups in total. The van der Waals surface area contributed by atoms with Crippen LogP contribution in [0.15, 0.2) is 24.5 Å². The first kappa shape index (κ1) is 14.2. The van der Waals surface area contributed by atoms with E-state index in [0.717, 1.165) is 29.8 Å². The first-order chi connectivity index (χ1) is 9.67. The zero-order chi connectivity index (χ0) is 14.5. The van der Waals surface area contributed by atoms with Gasteiger partial charge in [-0.15, -0.1) is 0 Å². The summed E-state index contributed by atoms with van der Waals surface area (Å²) < 4.78 is 13.9. The SMILES string of the molecule is CCCc1c(NC)ncnc1Nc1c(C)cccc1F. The van der Waals surface area contributed by atoms with Gasteiger partial charge < -0.3 is 10.6 Å². The number of nitrogens with one attached hydrogen (secondary N) is 2. The predicted octanol–water partition coefficient (Wildman–Crippen LogP) is 3.66. The average molecular weight is 274 g/mol. The summed E-state index contributed by atoms with van der Waals surface area (Å²) in [5, 5.41) is 6.15. The van der Waals surface area contributed by atoms with Gasteiger partial charge in [0.1, 0.15) is 23.8 Å². The summed E-state index contributed by atoms with van der Waals surface area (Å²) in [7, 11) is 1.82. The van der Waals surface area contributed by atoms with Crippen LogP contribution in [0.2, 0.25) is 0 Å². The van der Waals surface area contributed by atoms with Crippen molar-refractivity contribution >= 4 is 17.3 Å². The van der Waals surface area contributed by atoms with E-state index in [4.69, 9.17) is 0 Å². The Labute approximate surface area is 118 Å². The van der Waals surface area contributed by atoms with Gasteiger partial charge in [0.05, 0.1) is 5.69 Å². The lowest BCUT2D eigenvalue weighted by Gasteiger charge is -2.15. The van der Waals surface area contributed by atoms with Crippen molar-refractivity contribution in [2.45, 2.75) is 26.7 Å². The molecular formula is C15H19FN4. The van der Waals surface area contributed by atoms with Gasteiger partial charge in [-0.1, -0.05) is 25.5 Å². The van der Waals surface area contributed by atoms with Crippen LogP contribution in [0.1, 0.15) is 24.5 Å². The maximum atomic E-state index is 13.9. The predicted molar refractivity (Wildman–Crippen MR) is 80.0 cm³/mol. The fourth-order valence-corrected chi connectivity index (χ4v) is 2.13. The fraction of sp³-hybridized carbons (Fsp3) is 0.333. The summed E-state index contributed by atoms with van der Waals surface area (Å²) in [6.07, 6.45) is 3.27. The highest BCUT2D eigenvalue weighted by atomic mass is 19.1. The molecule has 0 saturated heterocycles. The van der Waals surface area contributed by atoms with Gasteiger partial charge in [0, 0.05) is 12.6 Å². The molecule has 2 aromatic rings. The second-order valence-electron chi connectivity index (χ2n) is 4.61. The maximum Gasteiger partial charge on any atom is 0.146 e. The zero-order valence-electron chi connectivity index (χ0n) is 12.0. The molecule has 0 aliphatic carbocycles. The molecule has 106 valence electrons. The molecule has 0 aliphatic heterocycles. The molecule has 0 aliphatic rings. The van der Waals surface area contributed by atoms with Gasteiger partial charge in [-0.05, 0) is 25.0 Å². The second kappa shape index (κ2) is 6.32. The Kier molecular flexibility index (Phi) is 4.50. The molecule has 0 fully saturated rings. The molecule has 5 heteroatoms. The van der Waals surface area contributed by atoms with E-state index in [0.29, 0.717) is 11.5 Å². The zero-order valence-corrected chi connectivity index (χ0v) is 12.0. The van der Waals surface area contributed by atoms with E-state index in [1.165, 1.54) is 12.4 Å². The van der Waals surface area contributed by atoms with E-state index < -0.39 is 0 Å². The van der Waals surface area contributed by atoms with E-state index in [9.17, 15) is 4.39 Å². The highest BCUT2D eigenvalue weighted by molar-refractivity contribution is 5.67. The first-order valence-corrected chi connectivity index (χ1v) is 6.71. The minimum Gasteiger partial charge on any atom is -0.373 e. The lowest BCUT2D eigenvalue weighted by molar-refractivity contribution is 0.630. The number of nitrogens with zero attached hydrogens (tertiary/aromatic N) is 2. The standard InChI is InChI=1S/C15H19FN4/c1-4-6-11-14(17-3)18-9-19-15(11)20-13-10(2)7-5-8-12(13)16/h5,7-9H,4,6H2,1-3H3,(H2,17,18,19,20). The molecule has 1 heterocycles. The summed E-state index contributed by atoms with van der Waals surface area (Å²) in [6, 6.07) is 5.00. The van der Waals surface area contributed by atoms with Crippen LogP contribution in [0.5, 0.6) is 0 Å². The molecule has 0 spiro atoms. The van der Waals surface area contributed by atoms with E-state index >= 15 is 0 Å². The molecule has 0 radical (unpaired) electrons. The second-order valence-corrected chi connectivity index (χ2v) is 4.61. The van der Waals surface area contributed by atoms with Crippen molar-refractivity contribution in [2.24, 2.45) is 0 Å². The van der Waals surface area contributed by atoms with E-state index in [1.54, 1.807) is 6.07 Å². The molecule has 20 heavy (non-hydrogen) atoms. The maximum absolute atomic E-state index is 13.9. The third kappa shape index (κ3) is 2.87. The summed E-state index contributed by atoms with van der Waals surface area (Å²) in [5.41, 5.74) is 2.28. The number of rotatable bonds is 5. The third-order valence-corrected chi connectivity index (χ3v) is 3.15. The highest BCUT2D eigenvalue weighted by Crippen LogP contribution is 2.27. The smallest absolute Gasteiger partial charge is 0.146 e. The van der Waals surface area contributed by atoms with Crippen LogP contribution in [-0.4, -0.2) is 17.0 Å². The minimum absolute atomic E-state index is 0.280. The molecule has 2 rings (SSSR count). The van der Waals surface area contributed by atoms with Gasteiger partial charge >= 0.3 is 0 Å². The van der Waals surface area contributed by atoms with Crippen LogP contribution < -0.4 is 10.6 Å². The summed E-state index contributed by atoms with van der Waals surface area (Å²) in [5.74, 6) is 1.15. The van der Waals surface area contributed by atoms with Crippen molar-refractivity contribution < 1.29 is 4.39 Å². The van der Waals surface area contributed by atoms with Crippen molar-refractivity contribution in [3.05, 3.63) is 41.5 Å². The van der Waals surface area contributed by atoms with E-state index in [-0.39, 0.29) is 5.82 Å².